The zero-order chi connectivity index (χ0) is 25.1. The van der Waals surface area contributed by atoms with Crippen molar-refractivity contribution >= 4 is 22.6 Å². The minimum Gasteiger partial charge on any atom is -0.320 e. The molecule has 3 heterocycles. The van der Waals surface area contributed by atoms with E-state index >= 15 is 0 Å². The zero-order valence-corrected chi connectivity index (χ0v) is 18.6. The Kier molecular flexibility index (Phi) is 5.11. The molecule has 35 heavy (non-hydrogen) atoms. The van der Waals surface area contributed by atoms with Crippen LogP contribution in [0.25, 0.3) is 16.7 Å². The van der Waals surface area contributed by atoms with E-state index < -0.39 is 28.9 Å². The first-order valence-electron chi connectivity index (χ1n) is 10.7. The van der Waals surface area contributed by atoms with Gasteiger partial charge in [-0.3, -0.25) is 19.1 Å². The number of hydrogen-bond acceptors (Lipinski definition) is 5. The van der Waals surface area contributed by atoms with Gasteiger partial charge in [0.1, 0.15) is 5.65 Å². The Bertz CT molecular complexity index is 1610. The summed E-state index contributed by atoms with van der Waals surface area (Å²) in [6, 6.07) is 5.93. The van der Waals surface area contributed by atoms with Crippen LogP contribution in [0.2, 0.25) is 0 Å². The summed E-state index contributed by atoms with van der Waals surface area (Å²) >= 11 is 0. The average molecular weight is 484 g/mol. The highest BCUT2D eigenvalue weighted by Crippen LogP contribution is 2.35. The van der Waals surface area contributed by atoms with Crippen molar-refractivity contribution in [2.75, 3.05) is 5.32 Å². The van der Waals surface area contributed by atoms with Gasteiger partial charge in [-0.2, -0.15) is 18.3 Å². The van der Waals surface area contributed by atoms with E-state index in [1.165, 1.54) is 27.6 Å². The third-order valence-electron chi connectivity index (χ3n) is 5.76. The predicted molar refractivity (Wildman–Crippen MR) is 121 cm³/mol. The van der Waals surface area contributed by atoms with E-state index in [0.29, 0.717) is 11.4 Å². The van der Waals surface area contributed by atoms with Crippen molar-refractivity contribution in [3.05, 3.63) is 79.9 Å². The fraction of sp³-hybridized carbons (Fsp3) is 0.261. The van der Waals surface area contributed by atoms with E-state index in [1.54, 1.807) is 19.9 Å². The van der Waals surface area contributed by atoms with Crippen molar-refractivity contribution < 1.29 is 18.0 Å². The number of anilines is 1. The number of rotatable bonds is 4. The molecule has 2 N–H and O–H groups in total. The standard InChI is InChI=1S/C23H19F3N6O3/c1-11-7-12(2)32(30-11)18-6-3-14(23(24,25)26)9-17(18)28-20(33)13-8-16-19(27-10-13)31(15-4-5-15)22(35)29-21(16)34/h3,6-10,15H,4-5H2,1-2H3,(H,28,33)(H,29,34,35). The summed E-state index contributed by atoms with van der Waals surface area (Å²) < 4.78 is 43.0. The van der Waals surface area contributed by atoms with Crippen molar-refractivity contribution in [2.24, 2.45) is 0 Å². The van der Waals surface area contributed by atoms with Gasteiger partial charge in [-0.25, -0.2) is 14.5 Å². The summed E-state index contributed by atoms with van der Waals surface area (Å²) in [6.07, 6.45) is -1.89. The molecular weight excluding hydrogens is 465 g/mol. The predicted octanol–water partition coefficient (Wildman–Crippen LogP) is 3.49. The molecule has 1 amide bonds. The van der Waals surface area contributed by atoms with Crippen LogP contribution in [0, 0.1) is 13.8 Å². The molecule has 1 aliphatic rings. The minimum absolute atomic E-state index is 0.0342. The maximum atomic E-state index is 13.4. The second-order valence-electron chi connectivity index (χ2n) is 8.48. The Balaban J connectivity index is 1.58. The van der Waals surface area contributed by atoms with E-state index in [2.05, 4.69) is 20.4 Å². The molecule has 0 atom stereocenters. The number of alkyl halides is 3. The van der Waals surface area contributed by atoms with E-state index in [9.17, 15) is 27.6 Å². The number of aryl methyl sites for hydroxylation is 2. The zero-order valence-electron chi connectivity index (χ0n) is 18.6. The number of nitrogens with zero attached hydrogens (tertiary/aromatic N) is 4. The molecule has 0 spiro atoms. The van der Waals surface area contributed by atoms with Crippen molar-refractivity contribution in [3.63, 3.8) is 0 Å². The second-order valence-corrected chi connectivity index (χ2v) is 8.48. The second kappa shape index (κ2) is 7.93. The van der Waals surface area contributed by atoms with Gasteiger partial charge in [-0.15, -0.1) is 0 Å². The van der Waals surface area contributed by atoms with E-state index in [1.807, 2.05) is 0 Å². The summed E-state index contributed by atoms with van der Waals surface area (Å²) in [5, 5.41) is 6.83. The number of benzene rings is 1. The Morgan fingerprint density at radius 1 is 1.14 bits per heavy atom. The van der Waals surface area contributed by atoms with Crippen molar-refractivity contribution in [2.45, 2.75) is 38.9 Å². The molecule has 3 aromatic heterocycles. The lowest BCUT2D eigenvalue weighted by molar-refractivity contribution is -0.137. The van der Waals surface area contributed by atoms with Crippen LogP contribution in [-0.4, -0.2) is 30.2 Å². The summed E-state index contributed by atoms with van der Waals surface area (Å²) in [5.41, 5.74) is -0.687. The Labute approximate surface area is 195 Å². The smallest absolute Gasteiger partial charge is 0.320 e. The summed E-state index contributed by atoms with van der Waals surface area (Å²) in [7, 11) is 0. The first-order chi connectivity index (χ1) is 16.5. The number of pyridine rings is 1. The maximum Gasteiger partial charge on any atom is 0.416 e. The fourth-order valence-electron chi connectivity index (χ4n) is 4.00. The highest BCUT2D eigenvalue weighted by atomic mass is 19.4. The van der Waals surface area contributed by atoms with Gasteiger partial charge in [0.05, 0.1) is 33.6 Å². The summed E-state index contributed by atoms with van der Waals surface area (Å²) in [4.78, 5) is 44.0. The average Bonchev–Trinajstić information content (AvgIpc) is 3.56. The molecule has 0 aliphatic heterocycles. The van der Waals surface area contributed by atoms with Crippen LogP contribution < -0.4 is 16.6 Å². The number of aromatic nitrogens is 5. The number of halogens is 3. The number of carbonyl (C=O) groups is 1. The molecule has 5 rings (SSSR count). The minimum atomic E-state index is -4.63. The van der Waals surface area contributed by atoms with Crippen LogP contribution in [0.5, 0.6) is 0 Å². The molecule has 1 aromatic carbocycles. The molecule has 0 unspecified atom stereocenters. The molecule has 1 saturated carbocycles. The molecule has 1 fully saturated rings. The monoisotopic (exact) mass is 484 g/mol. The molecule has 0 radical (unpaired) electrons. The van der Waals surface area contributed by atoms with Gasteiger partial charge in [0.2, 0.25) is 0 Å². The van der Waals surface area contributed by atoms with Gasteiger partial charge >= 0.3 is 11.9 Å². The quantitative estimate of drug-likeness (QED) is 0.460. The van der Waals surface area contributed by atoms with Gasteiger partial charge in [0.25, 0.3) is 11.5 Å². The molecule has 0 saturated heterocycles. The Morgan fingerprint density at radius 2 is 1.89 bits per heavy atom. The SMILES string of the molecule is Cc1cc(C)n(-c2ccc(C(F)(F)F)cc2NC(=O)c2cnc3c(c2)c(=O)[nH]c(=O)n3C2CC2)n1. The van der Waals surface area contributed by atoms with Crippen LogP contribution in [0.4, 0.5) is 18.9 Å². The van der Waals surface area contributed by atoms with Crippen LogP contribution in [-0.2, 0) is 6.18 Å². The topological polar surface area (TPSA) is 115 Å². The lowest BCUT2D eigenvalue weighted by Gasteiger charge is -2.16. The number of fused-ring (bicyclic) bond motifs is 1. The number of carbonyl (C=O) groups excluding carboxylic acids is 1. The van der Waals surface area contributed by atoms with E-state index in [0.717, 1.165) is 25.0 Å². The molecule has 9 nitrogen and oxygen atoms in total. The molecule has 12 heteroatoms. The van der Waals surface area contributed by atoms with E-state index in [-0.39, 0.29) is 34.0 Å². The van der Waals surface area contributed by atoms with Gasteiger partial charge in [0.15, 0.2) is 0 Å². The Hall–Kier alpha value is -4.22. The molecule has 0 bridgehead atoms. The van der Waals surface area contributed by atoms with Gasteiger partial charge in [-0.1, -0.05) is 0 Å². The van der Waals surface area contributed by atoms with Crippen LogP contribution in [0.1, 0.15) is 46.2 Å². The van der Waals surface area contributed by atoms with Crippen LogP contribution >= 0.6 is 0 Å². The largest absolute Gasteiger partial charge is 0.416 e. The van der Waals surface area contributed by atoms with Gasteiger partial charge < -0.3 is 5.32 Å². The van der Waals surface area contributed by atoms with Crippen molar-refractivity contribution in [1.29, 1.82) is 0 Å². The molecular formula is C23H19F3N6O3. The fourth-order valence-corrected chi connectivity index (χ4v) is 4.00. The molecule has 180 valence electrons. The lowest BCUT2D eigenvalue weighted by Crippen LogP contribution is -2.30. The van der Waals surface area contributed by atoms with E-state index in [4.69, 9.17) is 0 Å². The van der Waals surface area contributed by atoms with Crippen molar-refractivity contribution in [1.82, 2.24) is 24.3 Å². The highest BCUT2D eigenvalue weighted by Gasteiger charge is 2.32. The summed E-state index contributed by atoms with van der Waals surface area (Å²) in [6.45, 7) is 3.48. The number of H-pyrrole nitrogens is 1. The number of aromatic amines is 1. The normalized spacial score (nSPS) is 13.9. The van der Waals surface area contributed by atoms with Crippen molar-refractivity contribution in [3.8, 4) is 5.69 Å². The lowest BCUT2D eigenvalue weighted by atomic mass is 10.1. The molecule has 1 aliphatic carbocycles. The Morgan fingerprint density at radius 3 is 2.51 bits per heavy atom. The van der Waals surface area contributed by atoms with Crippen LogP contribution in [0.3, 0.4) is 0 Å². The first-order valence-corrected chi connectivity index (χ1v) is 10.7. The highest BCUT2D eigenvalue weighted by molar-refractivity contribution is 6.06. The third-order valence-corrected chi connectivity index (χ3v) is 5.76. The van der Waals surface area contributed by atoms with Crippen LogP contribution in [0.15, 0.2) is 46.1 Å². The molecule has 4 aromatic rings. The maximum absolute atomic E-state index is 13.4. The first kappa shape index (κ1) is 22.6. The number of amides is 1. The summed E-state index contributed by atoms with van der Waals surface area (Å²) in [5.74, 6) is -0.773. The van der Waals surface area contributed by atoms with Gasteiger partial charge in [-0.05, 0) is 57.0 Å². The van der Waals surface area contributed by atoms with Gasteiger partial charge in [0, 0.05) is 17.9 Å². The third kappa shape index (κ3) is 4.11. The number of nitrogens with one attached hydrogen (secondary N) is 2. The number of hydrogen-bond donors (Lipinski definition) is 2.